The van der Waals surface area contributed by atoms with Crippen LogP contribution in [0, 0.1) is 11.8 Å². The normalized spacial score (nSPS) is 41.2. The summed E-state index contributed by atoms with van der Waals surface area (Å²) >= 11 is 0. The molecule has 3 saturated heterocycles. The summed E-state index contributed by atoms with van der Waals surface area (Å²) in [4.78, 5) is 0. The van der Waals surface area contributed by atoms with E-state index >= 15 is 0 Å². The molecule has 3 aliphatic rings. The van der Waals surface area contributed by atoms with E-state index in [0.717, 1.165) is 0 Å². The number of halogens is 6. The van der Waals surface area contributed by atoms with Gasteiger partial charge in [0.1, 0.15) is 12.5 Å². The quantitative estimate of drug-likeness (QED) is 0.447. The van der Waals surface area contributed by atoms with Crippen molar-refractivity contribution < 1.29 is 40.9 Å². The van der Waals surface area contributed by atoms with E-state index in [-0.39, 0.29) is 25.2 Å². The summed E-state index contributed by atoms with van der Waals surface area (Å²) in [6.07, 6.45) is -13.5. The Kier molecular flexibility index (Phi) is 7.49. The lowest BCUT2D eigenvalue weighted by Crippen LogP contribution is -2.60. The zero-order chi connectivity index (χ0) is 23.0. The first kappa shape index (κ1) is 25.0. The van der Waals surface area contributed by atoms with Crippen molar-refractivity contribution in [1.29, 1.82) is 0 Å². The van der Waals surface area contributed by atoms with Gasteiger partial charge in [0.05, 0.1) is 18.1 Å². The lowest BCUT2D eigenvalue weighted by atomic mass is 9.90. The Bertz CT molecular complexity index is 605. The SMILES string of the molecule is CC(C)C1CCCCC[C@](O)(C(F)(F)F)C2NNC(O2)C2CCC(C(F)(F)F)C(N2)O1. The Labute approximate surface area is 177 Å². The van der Waals surface area contributed by atoms with Gasteiger partial charge in [-0.15, -0.1) is 0 Å². The first-order valence-electron chi connectivity index (χ1n) is 10.8. The van der Waals surface area contributed by atoms with Gasteiger partial charge in [0.15, 0.2) is 6.23 Å². The largest absolute Gasteiger partial charge is 0.421 e. The van der Waals surface area contributed by atoms with Crippen molar-refractivity contribution in [2.75, 3.05) is 0 Å². The van der Waals surface area contributed by atoms with E-state index in [1.807, 2.05) is 13.8 Å². The number of nitrogens with one attached hydrogen (secondary N) is 3. The predicted molar refractivity (Wildman–Crippen MR) is 98.2 cm³/mol. The first-order chi connectivity index (χ1) is 14.3. The van der Waals surface area contributed by atoms with Crippen LogP contribution in [0.2, 0.25) is 0 Å². The number of hydrogen-bond donors (Lipinski definition) is 4. The summed E-state index contributed by atoms with van der Waals surface area (Å²) in [5.74, 6) is -1.79. The molecular weight excluding hydrogens is 432 g/mol. The molecule has 0 amide bonds. The van der Waals surface area contributed by atoms with Gasteiger partial charge in [-0.2, -0.15) is 26.3 Å². The molecule has 4 bridgehead atoms. The van der Waals surface area contributed by atoms with E-state index < -0.39 is 61.1 Å². The van der Waals surface area contributed by atoms with Crippen molar-refractivity contribution in [2.45, 2.75) is 108 Å². The fourth-order valence-electron chi connectivity index (χ4n) is 4.51. The maximum Gasteiger partial charge on any atom is 0.421 e. The van der Waals surface area contributed by atoms with E-state index in [4.69, 9.17) is 9.47 Å². The highest BCUT2D eigenvalue weighted by atomic mass is 19.4. The van der Waals surface area contributed by atoms with Gasteiger partial charge in [-0.05, 0) is 31.6 Å². The molecule has 0 aliphatic carbocycles. The highest BCUT2D eigenvalue weighted by Gasteiger charge is 2.61. The zero-order valence-corrected chi connectivity index (χ0v) is 17.5. The average Bonchev–Trinajstić information content (AvgIpc) is 3.14. The molecule has 0 aromatic carbocycles. The highest BCUT2D eigenvalue weighted by molar-refractivity contribution is 4.98. The van der Waals surface area contributed by atoms with E-state index in [1.165, 1.54) is 0 Å². The summed E-state index contributed by atoms with van der Waals surface area (Å²) in [7, 11) is 0. The molecule has 0 saturated carbocycles. The van der Waals surface area contributed by atoms with Crippen LogP contribution in [-0.4, -0.2) is 53.9 Å². The van der Waals surface area contributed by atoms with Crippen LogP contribution in [-0.2, 0) is 9.47 Å². The van der Waals surface area contributed by atoms with Crippen molar-refractivity contribution >= 4 is 0 Å². The average molecular weight is 463 g/mol. The number of piperidine rings is 1. The van der Waals surface area contributed by atoms with Crippen LogP contribution in [0.4, 0.5) is 26.3 Å². The van der Waals surface area contributed by atoms with E-state index in [9.17, 15) is 31.4 Å². The van der Waals surface area contributed by atoms with Crippen LogP contribution >= 0.6 is 0 Å². The summed E-state index contributed by atoms with van der Waals surface area (Å²) in [5, 5.41) is 13.3. The third-order valence-corrected chi connectivity index (χ3v) is 6.49. The van der Waals surface area contributed by atoms with Crippen molar-refractivity contribution in [2.24, 2.45) is 11.8 Å². The number of ether oxygens (including phenoxy) is 2. The molecule has 0 aromatic heterocycles. The summed E-state index contributed by atoms with van der Waals surface area (Å²) < 4.78 is 93.3. The maximum absolute atomic E-state index is 13.7. The summed E-state index contributed by atoms with van der Waals surface area (Å²) in [5.41, 5.74) is 1.80. The Balaban J connectivity index is 1.86. The lowest BCUT2D eigenvalue weighted by molar-refractivity contribution is -0.301. The highest BCUT2D eigenvalue weighted by Crippen LogP contribution is 2.41. The van der Waals surface area contributed by atoms with Gasteiger partial charge in [0, 0.05) is 0 Å². The van der Waals surface area contributed by atoms with Gasteiger partial charge in [-0.1, -0.05) is 33.1 Å². The van der Waals surface area contributed by atoms with Crippen molar-refractivity contribution in [3.8, 4) is 0 Å². The van der Waals surface area contributed by atoms with Crippen LogP contribution in [0.3, 0.4) is 0 Å². The Morgan fingerprint density at radius 2 is 1.61 bits per heavy atom. The molecule has 7 atom stereocenters. The Hall–Kier alpha value is -0.660. The van der Waals surface area contributed by atoms with Crippen LogP contribution in [0.15, 0.2) is 0 Å². The topological polar surface area (TPSA) is 74.8 Å². The Morgan fingerprint density at radius 1 is 0.903 bits per heavy atom. The van der Waals surface area contributed by atoms with Gasteiger partial charge in [0.2, 0.25) is 5.60 Å². The molecule has 3 fully saturated rings. The second-order valence-corrected chi connectivity index (χ2v) is 9.08. The third kappa shape index (κ3) is 5.47. The summed E-state index contributed by atoms with van der Waals surface area (Å²) in [6, 6.07) is -0.727. The fraction of sp³-hybridized carbons (Fsp3) is 1.00. The molecule has 0 spiro atoms. The number of hydrazine groups is 1. The second kappa shape index (κ2) is 9.30. The molecule has 4 N–H and O–H groups in total. The molecule has 6 nitrogen and oxygen atoms in total. The molecule has 0 aromatic rings. The molecule has 3 rings (SSSR count). The van der Waals surface area contributed by atoms with E-state index in [2.05, 4.69) is 16.2 Å². The molecule has 182 valence electrons. The van der Waals surface area contributed by atoms with E-state index in [1.54, 1.807) is 0 Å². The molecule has 6 unspecified atom stereocenters. The van der Waals surface area contributed by atoms with E-state index in [0.29, 0.717) is 19.3 Å². The van der Waals surface area contributed by atoms with Crippen molar-refractivity contribution in [1.82, 2.24) is 16.2 Å². The van der Waals surface area contributed by atoms with Crippen LogP contribution < -0.4 is 16.2 Å². The number of aliphatic hydroxyl groups is 1. The third-order valence-electron chi connectivity index (χ3n) is 6.49. The second-order valence-electron chi connectivity index (χ2n) is 9.08. The minimum atomic E-state index is -4.94. The molecule has 3 heterocycles. The predicted octanol–water partition coefficient (Wildman–Crippen LogP) is 3.32. The van der Waals surface area contributed by atoms with Crippen LogP contribution in [0.1, 0.15) is 58.8 Å². The molecule has 0 radical (unpaired) electrons. The van der Waals surface area contributed by atoms with Gasteiger partial charge in [-0.3, -0.25) is 5.32 Å². The molecule has 31 heavy (non-hydrogen) atoms. The van der Waals surface area contributed by atoms with Crippen molar-refractivity contribution in [3.05, 3.63) is 0 Å². The van der Waals surface area contributed by atoms with Gasteiger partial charge >= 0.3 is 12.4 Å². The van der Waals surface area contributed by atoms with Crippen LogP contribution in [0.5, 0.6) is 0 Å². The Morgan fingerprint density at radius 3 is 2.23 bits per heavy atom. The van der Waals surface area contributed by atoms with Gasteiger partial charge in [0.25, 0.3) is 0 Å². The minimum absolute atomic E-state index is 0.0207. The standard InChI is InChI=1S/C19H31F6N3O3/c1-10(2)13-6-4-3-5-9-17(29,19(23,24)25)16-28-27-15(31-16)12-8-7-11(18(20,21)22)14(26-12)30-13/h10-16,26-29H,3-9H2,1-2H3/t11?,12?,13?,14?,15?,16?,17-/m1/s1. The maximum atomic E-state index is 13.7. The smallest absolute Gasteiger partial charge is 0.377 e. The van der Waals surface area contributed by atoms with Crippen molar-refractivity contribution in [3.63, 3.8) is 0 Å². The molecule has 3 aliphatic heterocycles. The number of alkyl halides is 6. The first-order valence-corrected chi connectivity index (χ1v) is 10.8. The number of rotatable bonds is 1. The number of hydrogen-bond acceptors (Lipinski definition) is 6. The van der Waals surface area contributed by atoms with Crippen LogP contribution in [0.25, 0.3) is 0 Å². The number of fused-ring (bicyclic) bond motifs is 5. The molecule has 12 heteroatoms. The van der Waals surface area contributed by atoms with Gasteiger partial charge in [-0.25, -0.2) is 10.9 Å². The monoisotopic (exact) mass is 463 g/mol. The molecular formula is C19H31F6N3O3. The zero-order valence-electron chi connectivity index (χ0n) is 17.5. The lowest BCUT2D eigenvalue weighted by Gasteiger charge is -2.42. The summed E-state index contributed by atoms with van der Waals surface area (Å²) in [6.45, 7) is 3.69. The minimum Gasteiger partial charge on any atom is -0.377 e. The fourth-order valence-corrected chi connectivity index (χ4v) is 4.51. The van der Waals surface area contributed by atoms with Gasteiger partial charge < -0.3 is 14.6 Å².